The van der Waals surface area contributed by atoms with E-state index in [-0.39, 0.29) is 9.75 Å². The van der Waals surface area contributed by atoms with Gasteiger partial charge in [-0.15, -0.1) is 34.0 Å². The lowest BCUT2D eigenvalue weighted by atomic mass is 10.3. The van der Waals surface area contributed by atoms with Gasteiger partial charge in [0.05, 0.1) is 43.3 Å². The van der Waals surface area contributed by atoms with Gasteiger partial charge in [-0.2, -0.15) is 0 Å². The molecule has 0 aliphatic rings. The average Bonchev–Trinajstić information content (AvgIpc) is 3.67. The van der Waals surface area contributed by atoms with Gasteiger partial charge >= 0.3 is 23.9 Å². The molecule has 5 heterocycles. The number of aromatic carboxylic acids is 2. The number of rotatable bonds is 10. The van der Waals surface area contributed by atoms with Gasteiger partial charge in [0.15, 0.2) is 11.6 Å². The van der Waals surface area contributed by atoms with Crippen LogP contribution in [0.4, 0.5) is 0 Å². The first-order valence-electron chi connectivity index (χ1n) is 10.9. The lowest BCUT2D eigenvalue weighted by Crippen LogP contribution is -2.11. The minimum atomic E-state index is -1.11. The molecular weight excluding hydrogens is 568 g/mol. The van der Waals surface area contributed by atoms with Gasteiger partial charge < -0.3 is 29.6 Å². The van der Waals surface area contributed by atoms with Crippen LogP contribution in [0.15, 0.2) is 48.8 Å². The summed E-state index contributed by atoms with van der Waals surface area (Å²) in [5, 5.41) is 37.6. The third-order valence-electron chi connectivity index (χ3n) is 5.48. The summed E-state index contributed by atoms with van der Waals surface area (Å²) in [5.41, 5.74) is 0.977. The molecule has 39 heavy (non-hydrogen) atoms. The largest absolute Gasteiger partial charge is 0.480 e. The SMILES string of the molecule is O=C(O)Cn1c(-c2ccc(-c3cnc(-c4ccc(C(=O)O)s4)n3CC(=O)O)s2)cnc1-c1ccc(C(=O)O)s1. The zero-order valence-electron chi connectivity index (χ0n) is 19.5. The molecule has 15 heteroatoms. The lowest BCUT2D eigenvalue weighted by molar-refractivity contribution is -0.138. The van der Waals surface area contributed by atoms with Crippen molar-refractivity contribution >= 4 is 57.9 Å². The van der Waals surface area contributed by atoms with E-state index in [4.69, 9.17) is 0 Å². The van der Waals surface area contributed by atoms with Crippen LogP contribution in [0.2, 0.25) is 0 Å². The molecule has 0 aliphatic heterocycles. The average molecular weight is 585 g/mol. The highest BCUT2D eigenvalue weighted by Gasteiger charge is 2.22. The molecule has 0 aliphatic carbocycles. The Morgan fingerprint density at radius 3 is 1.31 bits per heavy atom. The van der Waals surface area contributed by atoms with Crippen LogP contribution < -0.4 is 0 Å². The number of carboxylic acids is 4. The molecule has 4 N–H and O–H groups in total. The highest BCUT2D eigenvalue weighted by molar-refractivity contribution is 7.19. The molecule has 0 saturated heterocycles. The van der Waals surface area contributed by atoms with Gasteiger partial charge in [-0.1, -0.05) is 0 Å². The summed E-state index contributed by atoms with van der Waals surface area (Å²) in [6.07, 6.45) is 3.01. The highest BCUT2D eigenvalue weighted by atomic mass is 32.1. The molecular formula is C24H16N4O8S3. The number of carboxylic acid groups (broad SMARTS) is 4. The van der Waals surface area contributed by atoms with E-state index in [0.29, 0.717) is 42.5 Å². The predicted molar refractivity (Wildman–Crippen MR) is 143 cm³/mol. The van der Waals surface area contributed by atoms with Crippen LogP contribution >= 0.6 is 34.0 Å². The zero-order chi connectivity index (χ0) is 27.8. The van der Waals surface area contributed by atoms with Crippen LogP contribution in [0.5, 0.6) is 0 Å². The van der Waals surface area contributed by atoms with Gasteiger partial charge in [-0.05, 0) is 36.4 Å². The molecule has 198 valence electrons. The first-order valence-corrected chi connectivity index (χ1v) is 13.4. The number of aromatic nitrogens is 4. The Balaban J connectivity index is 1.56. The molecule has 0 bridgehead atoms. The molecule has 5 rings (SSSR count). The van der Waals surface area contributed by atoms with Crippen LogP contribution in [0.3, 0.4) is 0 Å². The topological polar surface area (TPSA) is 185 Å². The summed E-state index contributed by atoms with van der Waals surface area (Å²) in [5.74, 6) is -3.78. The third kappa shape index (κ3) is 5.09. The summed E-state index contributed by atoms with van der Waals surface area (Å²) in [7, 11) is 0. The number of carbonyl (C=O) groups is 4. The first-order chi connectivity index (χ1) is 18.6. The van der Waals surface area contributed by atoms with E-state index >= 15 is 0 Å². The second-order valence-corrected chi connectivity index (χ2v) is 11.2. The van der Waals surface area contributed by atoms with Gasteiger partial charge in [-0.25, -0.2) is 19.6 Å². The number of hydrogen-bond donors (Lipinski definition) is 4. The Morgan fingerprint density at radius 1 is 0.590 bits per heavy atom. The van der Waals surface area contributed by atoms with Crippen molar-refractivity contribution in [2.45, 2.75) is 13.1 Å². The van der Waals surface area contributed by atoms with Crippen molar-refractivity contribution in [2.24, 2.45) is 0 Å². The highest BCUT2D eigenvalue weighted by Crippen LogP contribution is 2.39. The minimum absolute atomic E-state index is 0.0959. The molecule has 5 aromatic rings. The summed E-state index contributed by atoms with van der Waals surface area (Å²) >= 11 is 3.23. The van der Waals surface area contributed by atoms with Crippen LogP contribution in [0.25, 0.3) is 42.5 Å². The minimum Gasteiger partial charge on any atom is -0.480 e. The molecule has 0 fully saturated rings. The quantitative estimate of drug-likeness (QED) is 0.182. The van der Waals surface area contributed by atoms with Crippen LogP contribution in [-0.2, 0) is 22.7 Å². The Labute approximate surface area is 230 Å². The summed E-state index contributed by atoms with van der Waals surface area (Å²) in [6.45, 7) is -0.826. The van der Waals surface area contributed by atoms with E-state index in [2.05, 4.69) is 9.97 Å². The van der Waals surface area contributed by atoms with Crippen LogP contribution in [0.1, 0.15) is 19.3 Å². The Morgan fingerprint density at radius 2 is 0.974 bits per heavy atom. The first kappa shape index (κ1) is 26.0. The van der Waals surface area contributed by atoms with Crippen molar-refractivity contribution < 1.29 is 39.6 Å². The summed E-state index contributed by atoms with van der Waals surface area (Å²) in [6, 6.07) is 9.51. The van der Waals surface area contributed by atoms with Gasteiger partial charge in [0, 0.05) is 0 Å². The van der Waals surface area contributed by atoms with E-state index in [0.717, 1.165) is 22.7 Å². The zero-order valence-corrected chi connectivity index (χ0v) is 21.9. The molecule has 0 unspecified atom stereocenters. The van der Waals surface area contributed by atoms with Crippen molar-refractivity contribution in [2.75, 3.05) is 0 Å². The smallest absolute Gasteiger partial charge is 0.345 e. The summed E-state index contributed by atoms with van der Waals surface area (Å²) < 4.78 is 2.96. The standard InChI is InChI=1S/C24H16N4O8S3/c29-19(30)9-27-11(7-25-21(27)15-3-5-17(38-15)23(33)34)13-1-2-14(37-13)12-8-26-22(28(12)10-20(31)32)16-4-6-18(39-16)24(35)36/h1-8H,9-10H2,(H,29,30)(H,31,32)(H,33,34)(H,35,36). The van der Waals surface area contributed by atoms with E-state index in [9.17, 15) is 39.6 Å². The van der Waals surface area contributed by atoms with E-state index < -0.39 is 37.0 Å². The molecule has 0 spiro atoms. The monoisotopic (exact) mass is 584 g/mol. The maximum absolute atomic E-state index is 11.7. The van der Waals surface area contributed by atoms with Crippen LogP contribution in [-0.4, -0.2) is 63.4 Å². The van der Waals surface area contributed by atoms with Crippen molar-refractivity contribution in [3.8, 4) is 42.5 Å². The Kier molecular flexibility index (Phi) is 6.86. The van der Waals surface area contributed by atoms with Crippen molar-refractivity contribution in [1.29, 1.82) is 0 Å². The second-order valence-electron chi connectivity index (χ2n) is 8.00. The van der Waals surface area contributed by atoms with E-state index in [1.165, 1.54) is 45.0 Å². The van der Waals surface area contributed by atoms with Crippen molar-refractivity contribution in [3.05, 3.63) is 58.5 Å². The molecule has 0 radical (unpaired) electrons. The van der Waals surface area contributed by atoms with E-state index in [1.807, 2.05) is 0 Å². The maximum Gasteiger partial charge on any atom is 0.345 e. The predicted octanol–water partition coefficient (Wildman–Crippen LogP) is 4.50. The lowest BCUT2D eigenvalue weighted by Gasteiger charge is -2.08. The van der Waals surface area contributed by atoms with Gasteiger partial charge in [0.25, 0.3) is 0 Å². The fourth-order valence-corrected chi connectivity index (χ4v) is 6.63. The van der Waals surface area contributed by atoms with Crippen molar-refractivity contribution in [3.63, 3.8) is 0 Å². The maximum atomic E-state index is 11.7. The van der Waals surface area contributed by atoms with Gasteiger partial charge in [-0.3, -0.25) is 9.59 Å². The van der Waals surface area contributed by atoms with Gasteiger partial charge in [0.1, 0.15) is 22.8 Å². The molecule has 0 atom stereocenters. The number of aliphatic carboxylic acids is 2. The fraction of sp³-hybridized carbons (Fsp3) is 0.0833. The normalized spacial score (nSPS) is 11.1. The summed E-state index contributed by atoms with van der Waals surface area (Å²) in [4.78, 5) is 57.2. The molecule has 12 nitrogen and oxygen atoms in total. The number of nitrogens with zero attached hydrogens (tertiary/aromatic N) is 4. The molecule has 0 amide bonds. The van der Waals surface area contributed by atoms with Crippen molar-refractivity contribution in [1.82, 2.24) is 19.1 Å². The second kappa shape index (κ2) is 10.3. The fourth-order valence-electron chi connectivity index (χ4n) is 3.89. The molecule has 0 aromatic carbocycles. The Hall–Kier alpha value is -4.60. The number of thiophene rings is 3. The number of hydrogen-bond acceptors (Lipinski definition) is 9. The van der Waals surface area contributed by atoms with E-state index in [1.54, 1.807) is 24.3 Å². The molecule has 5 aromatic heterocycles. The molecule has 0 saturated carbocycles. The third-order valence-corrected chi connectivity index (χ3v) is 8.75. The number of imidazole rings is 2. The van der Waals surface area contributed by atoms with Gasteiger partial charge in [0.2, 0.25) is 0 Å². The Bertz CT molecular complexity index is 1630. The van der Waals surface area contributed by atoms with Crippen LogP contribution in [0, 0.1) is 0 Å².